The van der Waals surface area contributed by atoms with Crippen LogP contribution >= 0.6 is 0 Å². The molecule has 142 valence electrons. The molecule has 2 N–H and O–H groups in total. The van der Waals surface area contributed by atoms with E-state index in [4.69, 9.17) is 0 Å². The Hall–Kier alpha value is -1.26. The molecule has 0 bridgehead atoms. The highest BCUT2D eigenvalue weighted by Gasteiger charge is 2.69. The van der Waals surface area contributed by atoms with Crippen LogP contribution in [-0.2, 0) is 9.59 Å². The van der Waals surface area contributed by atoms with E-state index in [1.165, 1.54) is 6.92 Å². The Morgan fingerprint density at radius 2 is 2.00 bits per heavy atom. The van der Waals surface area contributed by atoms with Crippen LogP contribution in [0.4, 0.5) is 0 Å². The number of Topliss-reactive ketones (excluding diaryl/α,β-unsaturated/α-hetero) is 1. The first kappa shape index (κ1) is 18.1. The van der Waals surface area contributed by atoms with Gasteiger partial charge in [0.1, 0.15) is 5.60 Å². The molecule has 4 heteroatoms. The highest BCUT2D eigenvalue weighted by Crippen LogP contribution is 2.68. The standard InChI is InChI=1S/C22H30O4/c1-12-9-17-16-6-5-14-10-15(24)7-8-20(14,3)19(16)18(25)11-21(17,4)22(12,26)13(2)23/h7-8,10,12,16-19,25-26H,5-6,9,11H2,1-4H3/t12-,16-,17-,18+,19+,20-,21-,22-/m0/s1. The Balaban J connectivity index is 1.79. The number of aliphatic hydroxyl groups is 2. The van der Waals surface area contributed by atoms with Crippen molar-refractivity contribution in [2.75, 3.05) is 0 Å². The van der Waals surface area contributed by atoms with Gasteiger partial charge in [-0.25, -0.2) is 0 Å². The van der Waals surface area contributed by atoms with Gasteiger partial charge in [0.15, 0.2) is 11.6 Å². The molecule has 4 aliphatic carbocycles. The normalized spacial score (nSPS) is 52.8. The van der Waals surface area contributed by atoms with E-state index in [1.807, 2.05) is 19.9 Å². The molecule has 0 heterocycles. The van der Waals surface area contributed by atoms with E-state index in [9.17, 15) is 19.8 Å². The van der Waals surface area contributed by atoms with Crippen molar-refractivity contribution >= 4 is 11.6 Å². The van der Waals surface area contributed by atoms with Crippen LogP contribution in [0.15, 0.2) is 23.8 Å². The van der Waals surface area contributed by atoms with Crippen molar-refractivity contribution in [1.29, 1.82) is 0 Å². The summed E-state index contributed by atoms with van der Waals surface area (Å²) in [4.78, 5) is 24.3. The van der Waals surface area contributed by atoms with Crippen LogP contribution in [0.3, 0.4) is 0 Å². The van der Waals surface area contributed by atoms with E-state index in [0.717, 1.165) is 24.8 Å². The van der Waals surface area contributed by atoms with Gasteiger partial charge >= 0.3 is 0 Å². The Morgan fingerprint density at radius 3 is 2.65 bits per heavy atom. The molecule has 0 aliphatic heterocycles. The van der Waals surface area contributed by atoms with Crippen LogP contribution in [0.25, 0.3) is 0 Å². The summed E-state index contributed by atoms with van der Waals surface area (Å²) in [5.41, 5.74) is -1.14. The van der Waals surface area contributed by atoms with Crippen LogP contribution in [0, 0.1) is 34.5 Å². The summed E-state index contributed by atoms with van der Waals surface area (Å²) in [6, 6.07) is 0. The van der Waals surface area contributed by atoms with Crippen LogP contribution < -0.4 is 0 Å². The number of rotatable bonds is 1. The average molecular weight is 358 g/mol. The van der Waals surface area contributed by atoms with E-state index in [2.05, 4.69) is 6.92 Å². The number of hydrogen-bond acceptors (Lipinski definition) is 4. The molecular weight excluding hydrogens is 328 g/mol. The first-order valence-electron chi connectivity index (χ1n) is 9.91. The number of carbonyl (C=O) groups is 2. The van der Waals surface area contributed by atoms with Gasteiger partial charge in [-0.15, -0.1) is 0 Å². The van der Waals surface area contributed by atoms with E-state index >= 15 is 0 Å². The Morgan fingerprint density at radius 1 is 1.31 bits per heavy atom. The van der Waals surface area contributed by atoms with Gasteiger partial charge in [-0.05, 0) is 62.5 Å². The molecule has 3 saturated carbocycles. The van der Waals surface area contributed by atoms with Gasteiger partial charge in [0.25, 0.3) is 0 Å². The van der Waals surface area contributed by atoms with Gasteiger partial charge in [0.05, 0.1) is 6.10 Å². The van der Waals surface area contributed by atoms with Crippen molar-refractivity contribution in [3.05, 3.63) is 23.8 Å². The van der Waals surface area contributed by atoms with Gasteiger partial charge in [0, 0.05) is 16.7 Å². The lowest BCUT2D eigenvalue weighted by Crippen LogP contribution is -2.61. The molecule has 0 radical (unpaired) electrons. The van der Waals surface area contributed by atoms with Crippen LogP contribution in [0.1, 0.15) is 53.4 Å². The first-order valence-corrected chi connectivity index (χ1v) is 9.91. The first-order chi connectivity index (χ1) is 12.1. The second-order valence-corrected chi connectivity index (χ2v) is 9.67. The van der Waals surface area contributed by atoms with Gasteiger partial charge < -0.3 is 10.2 Å². The molecule has 0 aromatic rings. The largest absolute Gasteiger partial charge is 0.393 e. The lowest BCUT2D eigenvalue weighted by Gasteiger charge is -2.59. The topological polar surface area (TPSA) is 74.6 Å². The summed E-state index contributed by atoms with van der Waals surface area (Å²) in [6.07, 6.45) is 7.79. The third kappa shape index (κ3) is 1.98. The summed E-state index contributed by atoms with van der Waals surface area (Å²) in [5.74, 6) is 0.252. The summed E-state index contributed by atoms with van der Waals surface area (Å²) in [7, 11) is 0. The predicted molar refractivity (Wildman–Crippen MR) is 98.2 cm³/mol. The monoisotopic (exact) mass is 358 g/mol. The summed E-state index contributed by atoms with van der Waals surface area (Å²) in [5, 5.41) is 22.6. The maximum Gasteiger partial charge on any atom is 0.178 e. The van der Waals surface area contributed by atoms with Crippen LogP contribution in [0.2, 0.25) is 0 Å². The zero-order valence-electron chi connectivity index (χ0n) is 16.2. The van der Waals surface area contributed by atoms with Gasteiger partial charge in [-0.3, -0.25) is 9.59 Å². The van der Waals surface area contributed by atoms with E-state index in [-0.39, 0.29) is 40.7 Å². The van der Waals surface area contributed by atoms with E-state index < -0.39 is 17.1 Å². The van der Waals surface area contributed by atoms with E-state index in [1.54, 1.807) is 12.2 Å². The molecule has 3 fully saturated rings. The molecule has 4 aliphatic rings. The maximum absolute atomic E-state index is 12.4. The molecule has 0 aromatic carbocycles. The highest BCUT2D eigenvalue weighted by molar-refractivity contribution is 6.01. The lowest BCUT2D eigenvalue weighted by atomic mass is 9.46. The molecule has 0 aromatic heterocycles. The Kier molecular flexibility index (Phi) is 3.75. The Bertz CT molecular complexity index is 736. The summed E-state index contributed by atoms with van der Waals surface area (Å²) < 4.78 is 0. The van der Waals surface area contributed by atoms with Gasteiger partial charge in [-0.1, -0.05) is 32.4 Å². The van der Waals surface area contributed by atoms with Crippen molar-refractivity contribution in [1.82, 2.24) is 0 Å². The number of allylic oxidation sites excluding steroid dienone is 4. The van der Waals surface area contributed by atoms with Crippen LogP contribution in [0.5, 0.6) is 0 Å². The molecular formula is C22H30O4. The van der Waals surface area contributed by atoms with E-state index in [0.29, 0.717) is 6.42 Å². The minimum absolute atomic E-state index is 0.0337. The van der Waals surface area contributed by atoms with Gasteiger partial charge in [-0.2, -0.15) is 0 Å². The third-order valence-corrected chi connectivity index (χ3v) is 8.61. The minimum Gasteiger partial charge on any atom is -0.393 e. The number of aliphatic hydroxyl groups excluding tert-OH is 1. The molecule has 0 saturated heterocycles. The molecule has 4 nitrogen and oxygen atoms in total. The quantitative estimate of drug-likeness (QED) is 0.756. The predicted octanol–water partition coefficient (Wildman–Crippen LogP) is 2.83. The van der Waals surface area contributed by atoms with Crippen molar-refractivity contribution in [2.45, 2.75) is 65.1 Å². The zero-order chi connectivity index (χ0) is 19.1. The van der Waals surface area contributed by atoms with Crippen molar-refractivity contribution < 1.29 is 19.8 Å². The lowest BCUT2D eigenvalue weighted by molar-refractivity contribution is -0.180. The fourth-order valence-corrected chi connectivity index (χ4v) is 7.41. The highest BCUT2D eigenvalue weighted by atomic mass is 16.3. The zero-order valence-corrected chi connectivity index (χ0v) is 16.2. The maximum atomic E-state index is 12.4. The number of ketones is 2. The molecule has 0 spiro atoms. The molecule has 8 atom stereocenters. The minimum atomic E-state index is -1.36. The number of carbonyl (C=O) groups excluding carboxylic acids is 2. The summed E-state index contributed by atoms with van der Waals surface area (Å²) in [6.45, 7) is 7.61. The van der Waals surface area contributed by atoms with Crippen molar-refractivity contribution in [2.24, 2.45) is 34.5 Å². The Labute approximate surface area is 155 Å². The second kappa shape index (κ2) is 5.39. The van der Waals surface area contributed by atoms with Crippen molar-refractivity contribution in [3.63, 3.8) is 0 Å². The molecule has 4 rings (SSSR count). The number of fused-ring (bicyclic) bond motifs is 5. The fraction of sp³-hybridized carbons (Fsp3) is 0.727. The van der Waals surface area contributed by atoms with Crippen molar-refractivity contribution in [3.8, 4) is 0 Å². The van der Waals surface area contributed by atoms with Gasteiger partial charge in [0.2, 0.25) is 0 Å². The average Bonchev–Trinajstić information content (AvgIpc) is 2.76. The third-order valence-electron chi connectivity index (χ3n) is 8.61. The fourth-order valence-electron chi connectivity index (χ4n) is 7.41. The summed E-state index contributed by atoms with van der Waals surface area (Å²) >= 11 is 0. The second-order valence-electron chi connectivity index (χ2n) is 9.67. The smallest absolute Gasteiger partial charge is 0.178 e. The SMILES string of the molecule is CC(=O)[C@@]1(O)[C@@H](C)C[C@H]2[C@@H]3CCC4=CC(=O)C=C[C@]4(C)[C@H]3[C@H](O)C[C@@]21C. The number of hydrogen-bond donors (Lipinski definition) is 2. The molecule has 0 unspecified atom stereocenters. The van der Waals surface area contributed by atoms with Crippen LogP contribution in [-0.4, -0.2) is 33.5 Å². The molecule has 26 heavy (non-hydrogen) atoms. The molecule has 0 amide bonds.